The summed E-state index contributed by atoms with van der Waals surface area (Å²) in [7, 11) is 0. The first-order chi connectivity index (χ1) is 34.7. The maximum atomic E-state index is 14.2. The summed E-state index contributed by atoms with van der Waals surface area (Å²) in [5, 5.41) is 53.0. The summed E-state index contributed by atoms with van der Waals surface area (Å²) in [6, 6.07) is -5.25. The summed E-state index contributed by atoms with van der Waals surface area (Å²) in [4.78, 5) is 141. The first kappa shape index (κ1) is 62.3. The van der Waals surface area contributed by atoms with Crippen LogP contribution in [0.2, 0.25) is 0 Å². The van der Waals surface area contributed by atoms with Crippen molar-refractivity contribution in [2.24, 2.45) is 50.5 Å². The predicted molar refractivity (Wildman–Crippen MR) is 267 cm³/mol. The van der Waals surface area contributed by atoms with Crippen LogP contribution in [0.3, 0.4) is 0 Å². The van der Waals surface area contributed by atoms with E-state index < -0.39 is 133 Å². The van der Waals surface area contributed by atoms with Crippen molar-refractivity contribution in [1.29, 1.82) is 0 Å². The molecule has 0 aromatic heterocycles. The van der Waals surface area contributed by atoms with Crippen LogP contribution in [0.5, 0.6) is 5.75 Å². The minimum absolute atomic E-state index is 0.00812. The van der Waals surface area contributed by atoms with Crippen LogP contribution in [0, 0.1) is 11.8 Å². The first-order valence-electron chi connectivity index (χ1n) is 24.1. The molecule has 20 N–H and O–H groups in total. The first-order valence-corrected chi connectivity index (χ1v) is 24.1. The monoisotopic (exact) mass is 1050 g/mol. The third kappa shape index (κ3) is 22.3. The van der Waals surface area contributed by atoms with Crippen LogP contribution < -0.4 is 60.6 Å². The van der Waals surface area contributed by atoms with Crippen molar-refractivity contribution >= 4 is 71.2 Å². The SMILES string of the molecule is CC(C)C[C@H](NC(=O)[C@H](CC(=O)O)NC(=O)[C@@H]1CCCN1C(=O)[C@@H](N)Cc1ccc(O)cc1)C(=O)N[C@@H](CCCN=C(N)N)C(=O)N[C@@H](CCCN=C(N)N)C(=O)N[C@H](C(=O)N[C@@H](CCC(=O)O)C(=O)O)C(C)C. The van der Waals surface area contributed by atoms with Crippen LogP contribution in [0.1, 0.15) is 97.5 Å². The van der Waals surface area contributed by atoms with Gasteiger partial charge in [-0.25, -0.2) is 4.79 Å². The molecule has 0 radical (unpaired) electrons. The number of nitrogens with zero attached hydrogens (tertiary/aromatic N) is 3. The van der Waals surface area contributed by atoms with Crippen LogP contribution in [0.25, 0.3) is 0 Å². The maximum absolute atomic E-state index is 14.2. The van der Waals surface area contributed by atoms with E-state index in [0.29, 0.717) is 12.0 Å². The highest BCUT2D eigenvalue weighted by atomic mass is 16.4. The molecule has 1 aliphatic rings. The van der Waals surface area contributed by atoms with E-state index in [1.807, 2.05) is 0 Å². The molecule has 28 nitrogen and oxygen atoms in total. The lowest BCUT2D eigenvalue weighted by Crippen LogP contribution is -2.60. The number of guanidine groups is 2. The van der Waals surface area contributed by atoms with E-state index in [0.717, 1.165) is 0 Å². The van der Waals surface area contributed by atoms with E-state index in [9.17, 15) is 63.3 Å². The Labute approximate surface area is 427 Å². The number of phenolic OH excluding ortho intramolecular Hbond substituents is 1. The molecule has 74 heavy (non-hydrogen) atoms. The third-order valence-electron chi connectivity index (χ3n) is 11.6. The number of phenols is 1. The van der Waals surface area contributed by atoms with Crippen molar-refractivity contribution in [1.82, 2.24) is 36.8 Å². The zero-order valence-corrected chi connectivity index (χ0v) is 42.1. The zero-order chi connectivity index (χ0) is 55.8. The number of aromatic hydroxyl groups is 1. The molecule has 1 aromatic rings. The van der Waals surface area contributed by atoms with Crippen LogP contribution in [0.15, 0.2) is 34.3 Å². The molecule has 0 saturated carbocycles. The number of rotatable bonds is 32. The van der Waals surface area contributed by atoms with Crippen molar-refractivity contribution in [3.05, 3.63) is 29.8 Å². The lowest BCUT2D eigenvalue weighted by atomic mass is 10.00. The molecule has 1 aromatic carbocycles. The molecule has 28 heteroatoms. The van der Waals surface area contributed by atoms with Gasteiger partial charge in [0.25, 0.3) is 0 Å². The molecule has 2 rings (SSSR count). The minimum atomic E-state index is -1.75. The van der Waals surface area contributed by atoms with Crippen molar-refractivity contribution in [3.63, 3.8) is 0 Å². The molecule has 0 unspecified atom stereocenters. The van der Waals surface area contributed by atoms with E-state index in [1.165, 1.54) is 17.0 Å². The standard InChI is InChI=1S/C46H74N14O14/c1-23(2)20-31(57-40(69)32(22-35(64)65)58-41(70)33-10-7-19-60(33)43(72)27(47)21-25-11-13-26(61)14-12-25)39(68)55-28(8-5-17-52-45(48)49)37(66)54-29(9-6-18-53-46(50)51)38(67)59-36(24(3)4)42(71)56-30(44(73)74)15-16-34(62)63/h11-14,23-24,27-33,36,61H,5-10,15-22,47H2,1-4H3,(H,54,66)(H,55,68)(H,56,71)(H,57,69)(H,58,70)(H,59,67)(H,62,63)(H,64,65)(H,73,74)(H4,48,49,52)(H4,50,51,53)/t27-,28-,29-,30-,31-,32-,33-,36-/m0/s1. The van der Waals surface area contributed by atoms with Gasteiger partial charge in [0.1, 0.15) is 48.0 Å². The van der Waals surface area contributed by atoms with Gasteiger partial charge in [-0.15, -0.1) is 0 Å². The van der Waals surface area contributed by atoms with E-state index >= 15 is 0 Å². The molecule has 7 amide bonds. The smallest absolute Gasteiger partial charge is 0.326 e. The topological polar surface area (TPSA) is 482 Å². The van der Waals surface area contributed by atoms with E-state index in [1.54, 1.807) is 39.8 Å². The maximum Gasteiger partial charge on any atom is 0.326 e. The summed E-state index contributed by atoms with van der Waals surface area (Å²) in [6.07, 6.45) is -1.51. The molecular weight excluding hydrogens is 973 g/mol. The third-order valence-corrected chi connectivity index (χ3v) is 11.6. The summed E-state index contributed by atoms with van der Waals surface area (Å²) in [5.74, 6) is -12.0. The highest BCUT2D eigenvalue weighted by Gasteiger charge is 2.39. The number of carbonyl (C=O) groups excluding carboxylic acids is 7. The van der Waals surface area contributed by atoms with E-state index in [2.05, 4.69) is 41.9 Å². The van der Waals surface area contributed by atoms with Crippen LogP contribution in [0.4, 0.5) is 0 Å². The number of carboxylic acid groups (broad SMARTS) is 3. The molecule has 1 fully saturated rings. The Morgan fingerprint density at radius 2 is 1.15 bits per heavy atom. The van der Waals surface area contributed by atoms with Gasteiger partial charge < -0.3 is 85.9 Å². The number of aliphatic imine (C=N–C) groups is 2. The number of carbonyl (C=O) groups is 10. The molecular formula is C46H74N14O14. The van der Waals surface area contributed by atoms with Crippen LogP contribution in [-0.4, -0.2) is 164 Å². The number of hydrogen-bond acceptors (Lipinski definition) is 14. The number of aliphatic carboxylic acids is 3. The van der Waals surface area contributed by atoms with Crippen molar-refractivity contribution in [2.45, 2.75) is 147 Å². The van der Waals surface area contributed by atoms with Gasteiger partial charge in [0.2, 0.25) is 41.4 Å². The fourth-order valence-corrected chi connectivity index (χ4v) is 7.78. The largest absolute Gasteiger partial charge is 0.508 e. The second-order valence-corrected chi connectivity index (χ2v) is 18.6. The van der Waals surface area contributed by atoms with E-state index in [4.69, 9.17) is 33.8 Å². The number of nitrogens with two attached hydrogens (primary N) is 5. The summed E-state index contributed by atoms with van der Waals surface area (Å²) in [6.45, 7) is 6.65. The van der Waals surface area contributed by atoms with Crippen LogP contribution in [-0.2, 0) is 54.4 Å². The summed E-state index contributed by atoms with van der Waals surface area (Å²) < 4.78 is 0. The lowest BCUT2D eigenvalue weighted by molar-refractivity contribution is -0.144. The molecule has 1 aliphatic heterocycles. The van der Waals surface area contributed by atoms with Crippen molar-refractivity contribution in [3.8, 4) is 5.75 Å². The van der Waals surface area contributed by atoms with Gasteiger partial charge in [-0.3, -0.25) is 53.1 Å². The van der Waals surface area contributed by atoms with Gasteiger partial charge in [-0.2, -0.15) is 0 Å². The van der Waals surface area contributed by atoms with Crippen molar-refractivity contribution < 1.29 is 68.4 Å². The Hall–Kier alpha value is -7.78. The predicted octanol–water partition coefficient (Wildman–Crippen LogP) is -3.60. The van der Waals surface area contributed by atoms with Gasteiger partial charge >= 0.3 is 17.9 Å². The zero-order valence-electron chi connectivity index (χ0n) is 42.1. The molecule has 0 spiro atoms. The lowest BCUT2D eigenvalue weighted by Gasteiger charge is -2.29. The van der Waals surface area contributed by atoms with Crippen LogP contribution >= 0.6 is 0 Å². The number of hydrogen-bond donors (Lipinski definition) is 15. The second kappa shape index (κ2) is 31.0. The quantitative estimate of drug-likeness (QED) is 0.0188. The number of carboxylic acids is 3. The second-order valence-electron chi connectivity index (χ2n) is 18.6. The number of benzene rings is 1. The number of amides is 7. The molecule has 0 bridgehead atoms. The summed E-state index contributed by atoms with van der Waals surface area (Å²) >= 11 is 0. The van der Waals surface area contributed by atoms with Gasteiger partial charge in [-0.05, 0) is 87.3 Å². The Balaban J connectivity index is 2.41. The number of likely N-dealkylation sites (tertiary alicyclic amines) is 1. The van der Waals surface area contributed by atoms with Gasteiger partial charge in [0.05, 0.1) is 12.5 Å². The van der Waals surface area contributed by atoms with Gasteiger partial charge in [-0.1, -0.05) is 39.8 Å². The molecule has 8 atom stereocenters. The Morgan fingerprint density at radius 3 is 1.64 bits per heavy atom. The van der Waals surface area contributed by atoms with Gasteiger partial charge in [0.15, 0.2) is 11.9 Å². The minimum Gasteiger partial charge on any atom is -0.508 e. The van der Waals surface area contributed by atoms with Gasteiger partial charge in [0, 0.05) is 26.1 Å². The highest BCUT2D eigenvalue weighted by Crippen LogP contribution is 2.21. The van der Waals surface area contributed by atoms with Crippen molar-refractivity contribution in [2.75, 3.05) is 19.6 Å². The molecule has 0 aliphatic carbocycles. The average Bonchev–Trinajstić information content (AvgIpc) is 3.81. The average molecular weight is 1050 g/mol. The Morgan fingerprint density at radius 1 is 0.649 bits per heavy atom. The number of nitrogens with one attached hydrogen (secondary N) is 6. The normalized spacial score (nSPS) is 15.9. The fourth-order valence-electron chi connectivity index (χ4n) is 7.78. The highest BCUT2D eigenvalue weighted by molar-refractivity contribution is 5.98. The molecule has 1 saturated heterocycles. The fraction of sp³-hybridized carbons (Fsp3) is 0.609. The summed E-state index contributed by atoms with van der Waals surface area (Å²) in [5.41, 5.74) is 28.8. The Bertz CT molecular complexity index is 2180. The Kier molecular flexibility index (Phi) is 26.1. The molecule has 1 heterocycles. The van der Waals surface area contributed by atoms with E-state index in [-0.39, 0.29) is 88.2 Å². The molecule has 412 valence electrons.